The molecule has 0 unspecified atom stereocenters. The highest BCUT2D eigenvalue weighted by molar-refractivity contribution is 5.18. The van der Waals surface area contributed by atoms with Crippen LogP contribution < -0.4 is 5.32 Å². The number of unbranched alkanes of at least 4 members (excludes halogenated alkanes) is 2. The summed E-state index contributed by atoms with van der Waals surface area (Å²) in [6.45, 7) is 9.45. The van der Waals surface area contributed by atoms with Crippen LogP contribution in [0.25, 0.3) is 0 Å². The minimum Gasteiger partial charge on any atom is -0.337 e. The molecule has 16 heavy (non-hydrogen) atoms. The Hall–Kier alpha value is -1.06. The molecule has 1 aromatic heterocycles. The third-order valence-electron chi connectivity index (χ3n) is 2.70. The van der Waals surface area contributed by atoms with Gasteiger partial charge >= 0.3 is 6.01 Å². The van der Waals surface area contributed by atoms with Crippen molar-refractivity contribution in [1.29, 1.82) is 0 Å². The van der Waals surface area contributed by atoms with E-state index in [0.717, 1.165) is 6.54 Å². The van der Waals surface area contributed by atoms with Gasteiger partial charge < -0.3 is 9.84 Å². The molecule has 1 aromatic rings. The third kappa shape index (κ3) is 4.64. The second-order valence-corrected chi connectivity index (χ2v) is 5.12. The molecule has 1 N–H and O–H groups in total. The topological polar surface area (TPSA) is 51.0 Å². The van der Waals surface area contributed by atoms with Crippen LogP contribution in [-0.4, -0.2) is 16.7 Å². The van der Waals surface area contributed by atoms with E-state index in [1.165, 1.54) is 25.7 Å². The van der Waals surface area contributed by atoms with Crippen molar-refractivity contribution in [3.8, 4) is 0 Å². The van der Waals surface area contributed by atoms with Crippen molar-refractivity contribution in [2.75, 3.05) is 11.9 Å². The van der Waals surface area contributed by atoms with Crippen LogP contribution in [0.4, 0.5) is 6.01 Å². The van der Waals surface area contributed by atoms with Crippen LogP contribution in [0.5, 0.6) is 0 Å². The maximum Gasteiger partial charge on any atom is 0.321 e. The monoisotopic (exact) mass is 225 g/mol. The first kappa shape index (κ1) is 13.0. The summed E-state index contributed by atoms with van der Waals surface area (Å²) in [5, 5.41) is 6.94. The molecule has 0 aliphatic heterocycles. The van der Waals surface area contributed by atoms with Crippen molar-refractivity contribution in [2.24, 2.45) is 5.41 Å². The number of hydrogen-bond donors (Lipinski definition) is 1. The van der Waals surface area contributed by atoms with Crippen molar-refractivity contribution in [1.82, 2.24) is 10.1 Å². The van der Waals surface area contributed by atoms with Crippen LogP contribution in [0.15, 0.2) is 4.52 Å². The lowest BCUT2D eigenvalue weighted by atomic mass is 9.87. The standard InChI is InChI=1S/C12H23N3O/c1-5-6-7-8-12(3,4)9-13-11-14-10(2)15-16-11/h5-9H2,1-4H3,(H,13,14,15). The van der Waals surface area contributed by atoms with Gasteiger partial charge in [-0.3, -0.25) is 0 Å². The van der Waals surface area contributed by atoms with E-state index in [9.17, 15) is 0 Å². The lowest BCUT2D eigenvalue weighted by Crippen LogP contribution is -2.23. The Labute approximate surface area is 97.8 Å². The first-order chi connectivity index (χ1) is 7.53. The predicted octanol–water partition coefficient (Wildman–Crippen LogP) is 3.40. The minimum atomic E-state index is 0.275. The first-order valence-electron chi connectivity index (χ1n) is 6.08. The van der Waals surface area contributed by atoms with Crippen LogP contribution in [0.2, 0.25) is 0 Å². The third-order valence-corrected chi connectivity index (χ3v) is 2.70. The SMILES string of the molecule is CCCCCC(C)(C)CNc1nc(C)no1. The van der Waals surface area contributed by atoms with Gasteiger partial charge in [-0.2, -0.15) is 4.98 Å². The van der Waals surface area contributed by atoms with E-state index in [0.29, 0.717) is 11.8 Å². The number of anilines is 1. The molecule has 0 aliphatic carbocycles. The van der Waals surface area contributed by atoms with Gasteiger partial charge in [0.25, 0.3) is 0 Å². The molecular weight excluding hydrogens is 202 g/mol. The smallest absolute Gasteiger partial charge is 0.321 e. The van der Waals surface area contributed by atoms with Crippen LogP contribution in [0.1, 0.15) is 52.3 Å². The summed E-state index contributed by atoms with van der Waals surface area (Å²) in [4.78, 5) is 4.12. The number of aromatic nitrogens is 2. The molecule has 1 heterocycles. The summed E-state index contributed by atoms with van der Waals surface area (Å²) in [5.41, 5.74) is 0.275. The molecule has 0 saturated heterocycles. The second kappa shape index (κ2) is 5.87. The predicted molar refractivity (Wildman–Crippen MR) is 65.4 cm³/mol. The first-order valence-corrected chi connectivity index (χ1v) is 6.08. The van der Waals surface area contributed by atoms with E-state index < -0.39 is 0 Å². The Morgan fingerprint density at radius 2 is 2.06 bits per heavy atom. The molecule has 0 amide bonds. The van der Waals surface area contributed by atoms with E-state index in [2.05, 4.69) is 36.2 Å². The molecule has 0 bridgehead atoms. The summed E-state index contributed by atoms with van der Waals surface area (Å²) in [7, 11) is 0. The van der Waals surface area contributed by atoms with Crippen molar-refractivity contribution in [3.63, 3.8) is 0 Å². The van der Waals surface area contributed by atoms with Gasteiger partial charge in [0.1, 0.15) is 0 Å². The van der Waals surface area contributed by atoms with Gasteiger partial charge in [0, 0.05) is 6.54 Å². The Kier molecular flexibility index (Phi) is 4.77. The zero-order chi connectivity index (χ0) is 12.0. The molecule has 0 fully saturated rings. The van der Waals surface area contributed by atoms with Crippen LogP contribution in [-0.2, 0) is 0 Å². The molecule has 0 aromatic carbocycles. The summed E-state index contributed by atoms with van der Waals surface area (Å²) >= 11 is 0. The fourth-order valence-corrected chi connectivity index (χ4v) is 1.63. The van der Waals surface area contributed by atoms with Crippen LogP contribution >= 0.6 is 0 Å². The average molecular weight is 225 g/mol. The van der Waals surface area contributed by atoms with Crippen molar-refractivity contribution in [3.05, 3.63) is 5.82 Å². The molecular formula is C12H23N3O. The molecule has 4 nitrogen and oxygen atoms in total. The number of rotatable bonds is 7. The molecule has 0 saturated carbocycles. The second-order valence-electron chi connectivity index (χ2n) is 5.12. The molecule has 1 rings (SSSR count). The summed E-state index contributed by atoms with van der Waals surface area (Å²) in [6, 6.07) is 0.529. The quantitative estimate of drug-likeness (QED) is 0.723. The zero-order valence-electron chi connectivity index (χ0n) is 10.8. The van der Waals surface area contributed by atoms with Gasteiger partial charge in [-0.1, -0.05) is 45.2 Å². The number of nitrogens with one attached hydrogen (secondary N) is 1. The Morgan fingerprint density at radius 3 is 2.62 bits per heavy atom. The molecule has 0 atom stereocenters. The average Bonchev–Trinajstić information content (AvgIpc) is 2.62. The highest BCUT2D eigenvalue weighted by Gasteiger charge is 2.18. The summed E-state index contributed by atoms with van der Waals surface area (Å²) in [5.74, 6) is 0.672. The fourth-order valence-electron chi connectivity index (χ4n) is 1.63. The van der Waals surface area contributed by atoms with E-state index >= 15 is 0 Å². The molecule has 0 radical (unpaired) electrons. The van der Waals surface area contributed by atoms with Gasteiger partial charge in [-0.15, -0.1) is 0 Å². The highest BCUT2D eigenvalue weighted by atomic mass is 16.5. The largest absolute Gasteiger partial charge is 0.337 e. The number of hydrogen-bond acceptors (Lipinski definition) is 4. The van der Waals surface area contributed by atoms with E-state index in [1.54, 1.807) is 0 Å². The Morgan fingerprint density at radius 1 is 1.31 bits per heavy atom. The Balaban J connectivity index is 2.29. The molecule has 92 valence electrons. The van der Waals surface area contributed by atoms with Gasteiger partial charge in [0.2, 0.25) is 0 Å². The highest BCUT2D eigenvalue weighted by Crippen LogP contribution is 2.24. The lowest BCUT2D eigenvalue weighted by Gasteiger charge is -2.24. The number of aryl methyl sites for hydroxylation is 1. The van der Waals surface area contributed by atoms with E-state index in [1.807, 2.05) is 6.92 Å². The molecule has 4 heteroatoms. The van der Waals surface area contributed by atoms with Crippen molar-refractivity contribution < 1.29 is 4.52 Å². The van der Waals surface area contributed by atoms with E-state index in [4.69, 9.17) is 4.52 Å². The van der Waals surface area contributed by atoms with Gasteiger partial charge in [-0.25, -0.2) is 0 Å². The molecule has 0 spiro atoms. The fraction of sp³-hybridized carbons (Fsp3) is 0.833. The van der Waals surface area contributed by atoms with E-state index in [-0.39, 0.29) is 5.41 Å². The van der Waals surface area contributed by atoms with Gasteiger partial charge in [0.15, 0.2) is 5.82 Å². The zero-order valence-corrected chi connectivity index (χ0v) is 10.8. The van der Waals surface area contributed by atoms with Crippen molar-refractivity contribution >= 4 is 6.01 Å². The maximum absolute atomic E-state index is 5.01. The molecule has 0 aliphatic rings. The number of nitrogens with zero attached hydrogens (tertiary/aromatic N) is 2. The van der Waals surface area contributed by atoms with Gasteiger partial charge in [-0.05, 0) is 18.8 Å². The lowest BCUT2D eigenvalue weighted by molar-refractivity contribution is 0.335. The van der Waals surface area contributed by atoms with Gasteiger partial charge in [0.05, 0.1) is 0 Å². The Bertz CT molecular complexity index is 307. The summed E-state index contributed by atoms with van der Waals surface area (Å²) in [6.07, 6.45) is 5.09. The minimum absolute atomic E-state index is 0.275. The van der Waals surface area contributed by atoms with Crippen molar-refractivity contribution in [2.45, 2.75) is 53.4 Å². The van der Waals surface area contributed by atoms with Crippen LogP contribution in [0, 0.1) is 12.3 Å². The normalized spacial score (nSPS) is 11.8. The van der Waals surface area contributed by atoms with Crippen LogP contribution in [0.3, 0.4) is 0 Å². The summed E-state index contributed by atoms with van der Waals surface area (Å²) < 4.78 is 5.01. The maximum atomic E-state index is 5.01.